The van der Waals surface area contributed by atoms with E-state index in [0.29, 0.717) is 6.42 Å². The number of anilines is 1. The zero-order valence-electron chi connectivity index (χ0n) is 11.9. The van der Waals surface area contributed by atoms with Gasteiger partial charge in [0.05, 0.1) is 0 Å². The average Bonchev–Trinajstić information content (AvgIpc) is 2.85. The first kappa shape index (κ1) is 13.6. The van der Waals surface area contributed by atoms with Crippen molar-refractivity contribution in [2.45, 2.75) is 25.8 Å². The molecule has 0 saturated heterocycles. The molecule has 2 aromatic carbocycles. The average molecular weight is 282 g/mol. The fourth-order valence-corrected chi connectivity index (χ4v) is 2.40. The molecule has 1 unspecified atom stereocenters. The van der Waals surface area contributed by atoms with Crippen molar-refractivity contribution < 1.29 is 9.21 Å². The third kappa shape index (κ3) is 2.76. The first-order valence-electron chi connectivity index (χ1n) is 7.14. The summed E-state index contributed by atoms with van der Waals surface area (Å²) in [5.41, 5.74) is 8.24. The van der Waals surface area contributed by atoms with Gasteiger partial charge in [0.2, 0.25) is 5.91 Å². The van der Waals surface area contributed by atoms with E-state index in [4.69, 9.17) is 10.2 Å². The highest BCUT2D eigenvalue weighted by Crippen LogP contribution is 2.30. The van der Waals surface area contributed by atoms with E-state index in [9.17, 15) is 4.79 Å². The Morgan fingerprint density at radius 1 is 1.19 bits per heavy atom. The Labute approximate surface area is 122 Å². The van der Waals surface area contributed by atoms with Crippen LogP contribution in [0.1, 0.15) is 19.8 Å². The highest BCUT2D eigenvalue weighted by atomic mass is 16.3. The molecule has 0 aliphatic heterocycles. The third-order valence-electron chi connectivity index (χ3n) is 3.63. The molecule has 0 saturated carbocycles. The summed E-state index contributed by atoms with van der Waals surface area (Å²) in [7, 11) is 0. The van der Waals surface area contributed by atoms with Crippen LogP contribution in [0, 0.1) is 0 Å². The van der Waals surface area contributed by atoms with Crippen LogP contribution in [-0.2, 0) is 4.79 Å². The normalized spacial score (nSPS) is 12.7. The number of nitrogens with one attached hydrogen (secondary N) is 1. The molecule has 0 aliphatic carbocycles. The highest BCUT2D eigenvalue weighted by Gasteiger charge is 2.10. The summed E-state index contributed by atoms with van der Waals surface area (Å²) < 4.78 is 5.76. The van der Waals surface area contributed by atoms with Gasteiger partial charge in [-0.2, -0.15) is 0 Å². The van der Waals surface area contributed by atoms with Crippen molar-refractivity contribution in [2.24, 2.45) is 5.73 Å². The summed E-state index contributed by atoms with van der Waals surface area (Å²) in [5.74, 6) is -0.0588. The second kappa shape index (κ2) is 5.58. The van der Waals surface area contributed by atoms with Crippen LogP contribution in [0.25, 0.3) is 21.9 Å². The lowest BCUT2D eigenvalue weighted by molar-refractivity contribution is -0.116. The van der Waals surface area contributed by atoms with Crippen LogP contribution in [-0.4, -0.2) is 11.9 Å². The minimum atomic E-state index is -0.0940. The van der Waals surface area contributed by atoms with E-state index in [1.165, 1.54) is 0 Å². The van der Waals surface area contributed by atoms with E-state index in [2.05, 4.69) is 5.32 Å². The molecule has 1 amide bonds. The van der Waals surface area contributed by atoms with Gasteiger partial charge in [0.1, 0.15) is 11.2 Å². The van der Waals surface area contributed by atoms with Crippen molar-refractivity contribution in [2.75, 3.05) is 5.32 Å². The number of hydrogen-bond acceptors (Lipinski definition) is 3. The number of carbonyl (C=O) groups is 1. The maximum absolute atomic E-state index is 11.9. The van der Waals surface area contributed by atoms with E-state index in [1.807, 2.05) is 49.4 Å². The number of carbonyl (C=O) groups excluding carboxylic acids is 1. The van der Waals surface area contributed by atoms with Crippen LogP contribution in [0.5, 0.6) is 0 Å². The van der Waals surface area contributed by atoms with Gasteiger partial charge in [0.15, 0.2) is 0 Å². The highest BCUT2D eigenvalue weighted by molar-refractivity contribution is 6.06. The van der Waals surface area contributed by atoms with Crippen molar-refractivity contribution in [3.8, 4) is 0 Å². The molecule has 108 valence electrons. The molecule has 3 rings (SSSR count). The molecule has 1 heterocycles. The summed E-state index contributed by atoms with van der Waals surface area (Å²) in [6.07, 6.45) is 1.12. The minimum absolute atomic E-state index is 0.0588. The number of rotatable bonds is 4. The predicted molar refractivity (Wildman–Crippen MR) is 85.2 cm³/mol. The minimum Gasteiger partial charge on any atom is -0.456 e. The van der Waals surface area contributed by atoms with Gasteiger partial charge in [0.25, 0.3) is 0 Å². The van der Waals surface area contributed by atoms with Gasteiger partial charge >= 0.3 is 0 Å². The second-order valence-electron chi connectivity index (χ2n) is 5.23. The van der Waals surface area contributed by atoms with Gasteiger partial charge in [-0.3, -0.25) is 4.79 Å². The Morgan fingerprint density at radius 3 is 2.76 bits per heavy atom. The standard InChI is InChI=1S/C17H18N2O2/c1-2-11(18)9-17(20)19-12-7-8-16-14(10-12)13-5-3-4-6-15(13)21-16/h3-8,10-11H,2,9,18H2,1H3,(H,19,20). The number of amides is 1. The summed E-state index contributed by atoms with van der Waals surface area (Å²) in [5, 5.41) is 4.95. The largest absolute Gasteiger partial charge is 0.456 e. The van der Waals surface area contributed by atoms with Gasteiger partial charge in [-0.25, -0.2) is 0 Å². The first-order valence-corrected chi connectivity index (χ1v) is 7.14. The number of furan rings is 1. The third-order valence-corrected chi connectivity index (χ3v) is 3.63. The summed E-state index contributed by atoms with van der Waals surface area (Å²) >= 11 is 0. The van der Waals surface area contributed by atoms with Gasteiger partial charge in [-0.15, -0.1) is 0 Å². The lowest BCUT2D eigenvalue weighted by atomic mass is 10.1. The van der Waals surface area contributed by atoms with Crippen LogP contribution in [0.2, 0.25) is 0 Å². The van der Waals surface area contributed by atoms with E-state index in [0.717, 1.165) is 34.0 Å². The maximum Gasteiger partial charge on any atom is 0.225 e. The lowest BCUT2D eigenvalue weighted by Crippen LogP contribution is -2.26. The Bertz CT molecular complexity index is 792. The molecule has 4 heteroatoms. The van der Waals surface area contributed by atoms with Crippen LogP contribution >= 0.6 is 0 Å². The lowest BCUT2D eigenvalue weighted by Gasteiger charge is -2.09. The van der Waals surface area contributed by atoms with Crippen molar-refractivity contribution in [1.82, 2.24) is 0 Å². The Morgan fingerprint density at radius 2 is 1.95 bits per heavy atom. The smallest absolute Gasteiger partial charge is 0.225 e. The van der Waals surface area contributed by atoms with Crippen molar-refractivity contribution in [1.29, 1.82) is 0 Å². The number of benzene rings is 2. The summed E-state index contributed by atoms with van der Waals surface area (Å²) in [6, 6.07) is 13.4. The SMILES string of the molecule is CCC(N)CC(=O)Nc1ccc2oc3ccccc3c2c1. The topological polar surface area (TPSA) is 68.3 Å². The van der Waals surface area contributed by atoms with Gasteiger partial charge in [-0.05, 0) is 30.7 Å². The van der Waals surface area contributed by atoms with E-state index < -0.39 is 0 Å². The van der Waals surface area contributed by atoms with E-state index in [1.54, 1.807) is 0 Å². The second-order valence-corrected chi connectivity index (χ2v) is 5.23. The zero-order chi connectivity index (χ0) is 14.8. The molecular formula is C17H18N2O2. The Kier molecular flexibility index (Phi) is 3.62. The molecule has 1 aromatic heterocycles. The van der Waals surface area contributed by atoms with Crippen molar-refractivity contribution in [3.05, 3.63) is 42.5 Å². The van der Waals surface area contributed by atoms with Crippen molar-refractivity contribution >= 4 is 33.5 Å². The molecule has 21 heavy (non-hydrogen) atoms. The summed E-state index contributed by atoms with van der Waals surface area (Å²) in [6.45, 7) is 1.97. The monoisotopic (exact) mass is 282 g/mol. The Hall–Kier alpha value is -2.33. The molecule has 0 fully saturated rings. The molecule has 0 bridgehead atoms. The Balaban J connectivity index is 1.90. The van der Waals surface area contributed by atoms with Gasteiger partial charge < -0.3 is 15.5 Å². The van der Waals surface area contributed by atoms with Gasteiger partial charge in [0, 0.05) is 28.9 Å². The van der Waals surface area contributed by atoms with Crippen LogP contribution in [0.15, 0.2) is 46.9 Å². The first-order chi connectivity index (χ1) is 10.2. The molecule has 4 nitrogen and oxygen atoms in total. The number of fused-ring (bicyclic) bond motifs is 3. The zero-order valence-corrected chi connectivity index (χ0v) is 11.9. The maximum atomic E-state index is 11.9. The van der Waals surface area contributed by atoms with Crippen molar-refractivity contribution in [3.63, 3.8) is 0 Å². The molecule has 0 radical (unpaired) electrons. The van der Waals surface area contributed by atoms with Crippen LogP contribution < -0.4 is 11.1 Å². The molecule has 3 aromatic rings. The number of nitrogens with two attached hydrogens (primary N) is 1. The molecular weight excluding hydrogens is 264 g/mol. The van der Waals surface area contributed by atoms with Crippen LogP contribution in [0.4, 0.5) is 5.69 Å². The van der Waals surface area contributed by atoms with Gasteiger partial charge in [-0.1, -0.05) is 25.1 Å². The molecule has 0 aliphatic rings. The summed E-state index contributed by atoms with van der Waals surface area (Å²) in [4.78, 5) is 11.9. The molecule has 3 N–H and O–H groups in total. The van der Waals surface area contributed by atoms with Crippen LogP contribution in [0.3, 0.4) is 0 Å². The predicted octanol–water partition coefficient (Wildman–Crippen LogP) is 3.65. The fourth-order valence-electron chi connectivity index (χ4n) is 2.40. The number of hydrogen-bond donors (Lipinski definition) is 2. The van der Waals surface area contributed by atoms with E-state index >= 15 is 0 Å². The fraction of sp³-hybridized carbons (Fsp3) is 0.235. The molecule has 0 spiro atoms. The quantitative estimate of drug-likeness (QED) is 0.767. The van der Waals surface area contributed by atoms with E-state index in [-0.39, 0.29) is 11.9 Å². The molecule has 1 atom stereocenters. The number of para-hydroxylation sites is 1.